The van der Waals surface area contributed by atoms with Gasteiger partial charge >= 0.3 is 0 Å². The highest BCUT2D eigenvalue weighted by Crippen LogP contribution is 2.28. The van der Waals surface area contributed by atoms with Gasteiger partial charge in [0.1, 0.15) is 11.6 Å². The molecule has 20 heavy (non-hydrogen) atoms. The van der Waals surface area contributed by atoms with Gasteiger partial charge in [0.25, 0.3) is 0 Å². The number of nitrogens with one attached hydrogen (secondary N) is 1. The highest BCUT2D eigenvalue weighted by molar-refractivity contribution is 9.10. The maximum Gasteiger partial charge on any atom is 0.131 e. The second kappa shape index (κ2) is 6.46. The van der Waals surface area contributed by atoms with Crippen molar-refractivity contribution in [3.8, 4) is 11.1 Å². The molecule has 0 saturated carbocycles. The van der Waals surface area contributed by atoms with Crippen molar-refractivity contribution < 1.29 is 8.78 Å². The Bertz CT molecular complexity index is 611. The number of halogens is 3. The molecule has 0 saturated heterocycles. The second-order valence-electron chi connectivity index (χ2n) is 4.97. The largest absolute Gasteiger partial charge is 0.310 e. The summed E-state index contributed by atoms with van der Waals surface area (Å²) in [6.45, 7) is 4.65. The van der Waals surface area contributed by atoms with E-state index in [4.69, 9.17) is 0 Å². The minimum atomic E-state index is -0.430. The van der Waals surface area contributed by atoms with E-state index in [0.717, 1.165) is 10.0 Å². The molecule has 0 atom stereocenters. The first-order valence-electron chi connectivity index (χ1n) is 6.44. The molecule has 0 aromatic heterocycles. The van der Waals surface area contributed by atoms with E-state index in [1.165, 1.54) is 12.1 Å². The monoisotopic (exact) mass is 339 g/mol. The van der Waals surface area contributed by atoms with Crippen molar-refractivity contribution in [3.63, 3.8) is 0 Å². The maximum absolute atomic E-state index is 14.2. The van der Waals surface area contributed by atoms with Crippen molar-refractivity contribution in [1.82, 2.24) is 5.32 Å². The lowest BCUT2D eigenvalue weighted by atomic mass is 10.0. The molecule has 0 aliphatic heterocycles. The van der Waals surface area contributed by atoms with E-state index in [1.54, 1.807) is 18.2 Å². The zero-order chi connectivity index (χ0) is 14.7. The van der Waals surface area contributed by atoms with Crippen molar-refractivity contribution in [2.45, 2.75) is 26.4 Å². The van der Waals surface area contributed by atoms with Crippen molar-refractivity contribution in [2.24, 2.45) is 0 Å². The van der Waals surface area contributed by atoms with Crippen LogP contribution in [0.4, 0.5) is 8.78 Å². The van der Waals surface area contributed by atoms with Gasteiger partial charge in [-0.1, -0.05) is 41.9 Å². The van der Waals surface area contributed by atoms with Gasteiger partial charge in [-0.15, -0.1) is 0 Å². The fourth-order valence-electron chi connectivity index (χ4n) is 1.91. The molecule has 4 heteroatoms. The van der Waals surface area contributed by atoms with Gasteiger partial charge in [-0.05, 0) is 29.8 Å². The Morgan fingerprint density at radius 3 is 2.40 bits per heavy atom. The Hall–Kier alpha value is -1.26. The molecule has 0 radical (unpaired) electrons. The number of hydrogen-bond acceptors (Lipinski definition) is 1. The normalized spacial score (nSPS) is 11.1. The van der Waals surface area contributed by atoms with Crippen LogP contribution < -0.4 is 5.32 Å². The Balaban J connectivity index is 2.32. The first-order valence-corrected chi connectivity index (χ1v) is 7.24. The molecule has 0 aliphatic carbocycles. The van der Waals surface area contributed by atoms with E-state index < -0.39 is 11.6 Å². The molecule has 2 aromatic rings. The molecule has 0 aliphatic rings. The number of benzene rings is 2. The van der Waals surface area contributed by atoms with Crippen molar-refractivity contribution in [1.29, 1.82) is 0 Å². The molecule has 2 aromatic carbocycles. The quantitative estimate of drug-likeness (QED) is 0.835. The molecule has 1 nitrogen and oxygen atoms in total. The first kappa shape index (κ1) is 15.1. The molecular weight excluding hydrogens is 324 g/mol. The summed E-state index contributed by atoms with van der Waals surface area (Å²) in [5, 5.41) is 3.22. The van der Waals surface area contributed by atoms with Crippen molar-refractivity contribution in [2.75, 3.05) is 0 Å². The van der Waals surface area contributed by atoms with Crippen molar-refractivity contribution in [3.05, 3.63) is 58.1 Å². The summed E-state index contributed by atoms with van der Waals surface area (Å²) in [4.78, 5) is 0. The molecule has 0 heterocycles. The maximum atomic E-state index is 14.2. The van der Waals surface area contributed by atoms with Crippen molar-refractivity contribution >= 4 is 15.9 Å². The summed E-state index contributed by atoms with van der Waals surface area (Å²) in [5.41, 5.74) is 1.38. The third-order valence-electron chi connectivity index (χ3n) is 2.97. The average molecular weight is 340 g/mol. The van der Waals surface area contributed by atoms with Gasteiger partial charge in [-0.2, -0.15) is 0 Å². The fourth-order valence-corrected chi connectivity index (χ4v) is 2.27. The lowest BCUT2D eigenvalue weighted by Gasteiger charge is -2.10. The summed E-state index contributed by atoms with van der Waals surface area (Å²) >= 11 is 3.27. The van der Waals surface area contributed by atoms with Crippen LogP contribution in [0.5, 0.6) is 0 Å². The summed E-state index contributed by atoms with van der Waals surface area (Å²) < 4.78 is 28.7. The molecule has 0 spiro atoms. The minimum absolute atomic E-state index is 0.264. The van der Waals surface area contributed by atoms with Crippen LogP contribution >= 0.6 is 15.9 Å². The highest BCUT2D eigenvalue weighted by Gasteiger charge is 2.11. The predicted octanol–water partition coefficient (Wildman–Crippen LogP) is 4.89. The van der Waals surface area contributed by atoms with Gasteiger partial charge in [0.2, 0.25) is 0 Å². The lowest BCUT2D eigenvalue weighted by molar-refractivity contribution is 0.581. The summed E-state index contributed by atoms with van der Waals surface area (Å²) in [6, 6.07) is 9.72. The molecule has 0 bridgehead atoms. The Morgan fingerprint density at radius 1 is 1.00 bits per heavy atom. The SMILES string of the molecule is CC(C)NCc1ccc(-c2cc(Br)ccc2F)c(F)c1. The van der Waals surface area contributed by atoms with Gasteiger partial charge in [0, 0.05) is 28.2 Å². The standard InChI is InChI=1S/C16H16BrF2N/c1-10(2)20-9-11-3-5-13(16(19)7-11)14-8-12(17)4-6-15(14)18/h3-8,10,20H,9H2,1-2H3. The smallest absolute Gasteiger partial charge is 0.131 e. The van der Waals surface area contributed by atoms with Crippen LogP contribution in [0, 0.1) is 11.6 Å². The fraction of sp³-hybridized carbons (Fsp3) is 0.250. The van der Waals surface area contributed by atoms with E-state index in [9.17, 15) is 8.78 Å². The molecule has 0 fully saturated rings. The van der Waals surface area contributed by atoms with Gasteiger partial charge in [-0.25, -0.2) is 8.78 Å². The molecule has 0 unspecified atom stereocenters. The van der Waals surface area contributed by atoms with Gasteiger partial charge in [0.15, 0.2) is 0 Å². The van der Waals surface area contributed by atoms with Gasteiger partial charge < -0.3 is 5.32 Å². The van der Waals surface area contributed by atoms with E-state index >= 15 is 0 Å². The average Bonchev–Trinajstić information content (AvgIpc) is 2.39. The molecule has 2 rings (SSSR count). The van der Waals surface area contributed by atoms with Crippen LogP contribution in [0.2, 0.25) is 0 Å². The van der Waals surface area contributed by atoms with E-state index in [-0.39, 0.29) is 11.1 Å². The van der Waals surface area contributed by atoms with Crippen LogP contribution in [0.3, 0.4) is 0 Å². The predicted molar refractivity (Wildman–Crippen MR) is 81.5 cm³/mol. The topological polar surface area (TPSA) is 12.0 Å². The molecule has 106 valence electrons. The van der Waals surface area contributed by atoms with Crippen LogP contribution in [0.1, 0.15) is 19.4 Å². The molecule has 1 N–H and O–H groups in total. The van der Waals surface area contributed by atoms with Gasteiger partial charge in [-0.3, -0.25) is 0 Å². The van der Waals surface area contributed by atoms with Crippen LogP contribution in [0.25, 0.3) is 11.1 Å². The second-order valence-corrected chi connectivity index (χ2v) is 5.89. The minimum Gasteiger partial charge on any atom is -0.310 e. The van der Waals surface area contributed by atoms with Crippen LogP contribution in [-0.4, -0.2) is 6.04 Å². The lowest BCUT2D eigenvalue weighted by Crippen LogP contribution is -2.21. The zero-order valence-corrected chi connectivity index (χ0v) is 13.0. The van der Waals surface area contributed by atoms with E-state index in [0.29, 0.717) is 12.6 Å². The zero-order valence-electron chi connectivity index (χ0n) is 11.4. The van der Waals surface area contributed by atoms with E-state index in [2.05, 4.69) is 21.2 Å². The summed E-state index contributed by atoms with van der Waals surface area (Å²) in [5.74, 6) is -0.842. The number of rotatable bonds is 4. The first-order chi connectivity index (χ1) is 9.47. The summed E-state index contributed by atoms with van der Waals surface area (Å²) in [6.07, 6.45) is 0. The molecular formula is C16H16BrF2N. The van der Waals surface area contributed by atoms with Crippen LogP contribution in [0.15, 0.2) is 40.9 Å². The van der Waals surface area contributed by atoms with Crippen LogP contribution in [-0.2, 0) is 6.54 Å². The third-order valence-corrected chi connectivity index (χ3v) is 3.46. The highest BCUT2D eigenvalue weighted by atomic mass is 79.9. The molecule has 0 amide bonds. The Morgan fingerprint density at radius 2 is 1.75 bits per heavy atom. The Kier molecular flexibility index (Phi) is 4.89. The van der Waals surface area contributed by atoms with Gasteiger partial charge in [0.05, 0.1) is 0 Å². The third kappa shape index (κ3) is 3.64. The Labute approximate surface area is 126 Å². The summed E-state index contributed by atoms with van der Waals surface area (Å²) in [7, 11) is 0. The van der Waals surface area contributed by atoms with E-state index in [1.807, 2.05) is 19.9 Å². The number of hydrogen-bond donors (Lipinski definition) is 1.